The topological polar surface area (TPSA) is 48.4 Å². The number of hydrogen-bond donors (Lipinski definition) is 0. The Kier molecular flexibility index (Phi) is 6.30. The third kappa shape index (κ3) is 4.63. The van der Waals surface area contributed by atoms with Crippen molar-refractivity contribution in [2.24, 2.45) is 0 Å². The molecule has 2 aromatic carbocycles. The Morgan fingerprint density at radius 3 is 1.86 bits per heavy atom. The van der Waals surface area contributed by atoms with E-state index in [0.717, 1.165) is 11.1 Å². The van der Waals surface area contributed by atoms with E-state index in [1.807, 2.05) is 72.8 Å². The molecule has 0 spiro atoms. The number of pyridine rings is 1. The van der Waals surface area contributed by atoms with Gasteiger partial charge in [-0.1, -0.05) is 87.5 Å². The molecule has 3 aromatic rings. The SMILES string of the molecule is COC(=O)c1cccc(C(O[Si]C(C)(C)C)(c2ccccc2)c2ccccc2)n1. The molecule has 4 nitrogen and oxygen atoms in total. The summed E-state index contributed by atoms with van der Waals surface area (Å²) in [5.74, 6) is -0.472. The normalized spacial score (nSPS) is 11.9. The van der Waals surface area contributed by atoms with Crippen molar-refractivity contribution in [3.05, 3.63) is 101 Å². The van der Waals surface area contributed by atoms with Gasteiger partial charge in [0.15, 0.2) is 0 Å². The third-order valence-corrected chi connectivity index (χ3v) is 5.40. The molecule has 0 bridgehead atoms. The van der Waals surface area contributed by atoms with Crippen molar-refractivity contribution in [2.45, 2.75) is 31.4 Å². The molecule has 0 saturated carbocycles. The maximum Gasteiger partial charge on any atom is 0.356 e. The molecule has 0 aliphatic rings. The van der Waals surface area contributed by atoms with Crippen molar-refractivity contribution in [1.29, 1.82) is 0 Å². The Balaban J connectivity index is 2.28. The van der Waals surface area contributed by atoms with Gasteiger partial charge in [0.25, 0.3) is 0 Å². The third-order valence-electron chi connectivity index (χ3n) is 4.38. The molecule has 1 aromatic heterocycles. The molecule has 0 atom stereocenters. The van der Waals surface area contributed by atoms with E-state index < -0.39 is 11.6 Å². The summed E-state index contributed by atoms with van der Waals surface area (Å²) in [4.78, 5) is 16.8. The van der Waals surface area contributed by atoms with Crippen LogP contribution in [0.25, 0.3) is 0 Å². The van der Waals surface area contributed by atoms with Gasteiger partial charge in [0.05, 0.1) is 12.8 Å². The van der Waals surface area contributed by atoms with Crippen LogP contribution in [0.3, 0.4) is 0 Å². The fourth-order valence-corrected chi connectivity index (χ4v) is 3.86. The number of esters is 1. The van der Waals surface area contributed by atoms with Crippen LogP contribution in [0, 0.1) is 0 Å². The maximum atomic E-state index is 12.2. The second-order valence-corrected chi connectivity index (χ2v) is 9.68. The summed E-state index contributed by atoms with van der Waals surface area (Å²) in [6, 6.07) is 25.4. The van der Waals surface area contributed by atoms with Crippen molar-refractivity contribution in [3.63, 3.8) is 0 Å². The number of rotatable bonds is 6. The highest BCUT2D eigenvalue weighted by atomic mass is 28.2. The van der Waals surface area contributed by atoms with Gasteiger partial charge in [-0.15, -0.1) is 0 Å². The number of hydrogen-bond acceptors (Lipinski definition) is 4. The largest absolute Gasteiger partial charge is 0.464 e. The van der Waals surface area contributed by atoms with Crippen molar-refractivity contribution in [1.82, 2.24) is 4.98 Å². The van der Waals surface area contributed by atoms with Crippen molar-refractivity contribution in [3.8, 4) is 0 Å². The Hall–Kier alpha value is -2.76. The van der Waals surface area contributed by atoms with Crippen molar-refractivity contribution >= 4 is 15.7 Å². The van der Waals surface area contributed by atoms with Gasteiger partial charge in [0.1, 0.15) is 11.3 Å². The lowest BCUT2D eigenvalue weighted by atomic mass is 9.83. The lowest BCUT2D eigenvalue weighted by molar-refractivity contribution is 0.0592. The van der Waals surface area contributed by atoms with E-state index in [1.54, 1.807) is 6.07 Å². The zero-order valence-electron chi connectivity index (χ0n) is 17.2. The summed E-state index contributed by atoms with van der Waals surface area (Å²) in [7, 11) is 1.56. The monoisotopic (exact) mass is 403 g/mol. The Morgan fingerprint density at radius 2 is 1.38 bits per heavy atom. The molecule has 29 heavy (non-hydrogen) atoms. The van der Waals surface area contributed by atoms with E-state index in [0.29, 0.717) is 5.69 Å². The van der Waals surface area contributed by atoms with Crippen LogP contribution in [0.4, 0.5) is 0 Å². The lowest BCUT2D eigenvalue weighted by Gasteiger charge is -2.37. The lowest BCUT2D eigenvalue weighted by Crippen LogP contribution is -2.37. The van der Waals surface area contributed by atoms with E-state index >= 15 is 0 Å². The summed E-state index contributed by atoms with van der Waals surface area (Å²) < 4.78 is 11.6. The minimum atomic E-state index is -0.946. The number of carbonyl (C=O) groups is 1. The Bertz CT molecular complexity index is 913. The number of ether oxygens (including phenoxy) is 1. The molecule has 0 amide bonds. The second kappa shape index (κ2) is 8.72. The molecular weight excluding hydrogens is 378 g/mol. The second-order valence-electron chi connectivity index (χ2n) is 7.77. The zero-order chi connectivity index (χ0) is 20.9. The first kappa shape index (κ1) is 21.0. The van der Waals surface area contributed by atoms with Gasteiger partial charge in [-0.2, -0.15) is 0 Å². The molecule has 3 rings (SSSR count). The standard InChI is InChI=1S/C24H25NO3Si/c1-23(2,3)29-28-24(18-12-7-5-8-13-18,19-14-9-6-10-15-19)21-17-11-16-20(25-21)22(26)27-4/h5-17H,1-4H3. The first-order valence-electron chi connectivity index (χ1n) is 9.49. The highest BCUT2D eigenvalue weighted by Gasteiger charge is 2.40. The summed E-state index contributed by atoms with van der Waals surface area (Å²) in [6.07, 6.45) is 0. The number of nitrogens with zero attached hydrogens (tertiary/aromatic N) is 1. The number of methoxy groups -OCH3 is 1. The first-order valence-corrected chi connectivity index (χ1v) is 10.4. The molecule has 5 heteroatoms. The van der Waals surface area contributed by atoms with Gasteiger partial charge in [0, 0.05) is 0 Å². The van der Waals surface area contributed by atoms with E-state index in [2.05, 4.69) is 25.8 Å². The predicted octanol–water partition coefficient (Wildman–Crippen LogP) is 5.01. The van der Waals surface area contributed by atoms with Crippen LogP contribution >= 0.6 is 0 Å². The molecule has 0 saturated heterocycles. The number of aromatic nitrogens is 1. The smallest absolute Gasteiger partial charge is 0.356 e. The zero-order valence-corrected chi connectivity index (χ0v) is 18.2. The van der Waals surface area contributed by atoms with Crippen LogP contribution in [-0.2, 0) is 14.8 Å². The minimum absolute atomic E-state index is 0.0330. The summed E-state index contributed by atoms with van der Waals surface area (Å²) in [5, 5.41) is -0.0330. The van der Waals surface area contributed by atoms with Gasteiger partial charge in [-0.05, 0) is 28.3 Å². The molecule has 0 aliphatic heterocycles. The van der Waals surface area contributed by atoms with E-state index in [4.69, 9.17) is 9.16 Å². The molecular formula is C24H25NO3Si. The average molecular weight is 404 g/mol. The number of benzene rings is 2. The van der Waals surface area contributed by atoms with Crippen LogP contribution in [-0.4, -0.2) is 27.8 Å². The van der Waals surface area contributed by atoms with Gasteiger partial charge in [-0.25, -0.2) is 9.78 Å². The molecule has 0 fully saturated rings. The highest BCUT2D eigenvalue weighted by molar-refractivity contribution is 6.32. The fourth-order valence-electron chi connectivity index (χ4n) is 3.06. The van der Waals surface area contributed by atoms with Gasteiger partial charge in [0.2, 0.25) is 9.76 Å². The number of carbonyl (C=O) groups excluding carboxylic acids is 1. The van der Waals surface area contributed by atoms with Crippen LogP contribution in [0.1, 0.15) is 48.1 Å². The van der Waals surface area contributed by atoms with E-state index in [1.165, 1.54) is 7.11 Å². The van der Waals surface area contributed by atoms with Crippen molar-refractivity contribution in [2.75, 3.05) is 7.11 Å². The molecule has 2 radical (unpaired) electrons. The highest BCUT2D eigenvalue weighted by Crippen LogP contribution is 2.41. The summed E-state index contributed by atoms with van der Waals surface area (Å²) >= 11 is 0. The fraction of sp³-hybridized carbons (Fsp3) is 0.250. The molecule has 1 heterocycles. The van der Waals surface area contributed by atoms with Crippen molar-refractivity contribution < 1.29 is 14.0 Å². The molecule has 0 N–H and O–H groups in total. The average Bonchev–Trinajstić information content (AvgIpc) is 2.74. The van der Waals surface area contributed by atoms with Gasteiger partial charge < -0.3 is 9.16 Å². The van der Waals surface area contributed by atoms with E-state index in [9.17, 15) is 4.79 Å². The maximum absolute atomic E-state index is 12.2. The van der Waals surface area contributed by atoms with Crippen LogP contribution < -0.4 is 0 Å². The van der Waals surface area contributed by atoms with E-state index in [-0.39, 0.29) is 20.5 Å². The minimum Gasteiger partial charge on any atom is -0.464 e. The van der Waals surface area contributed by atoms with Crippen LogP contribution in [0.5, 0.6) is 0 Å². The summed E-state index contributed by atoms with van der Waals surface area (Å²) in [6.45, 7) is 6.43. The quantitative estimate of drug-likeness (QED) is 0.429. The molecule has 0 aliphatic carbocycles. The predicted molar refractivity (Wildman–Crippen MR) is 115 cm³/mol. The summed E-state index contributed by atoms with van der Waals surface area (Å²) in [5.41, 5.74) is 1.87. The molecule has 0 unspecified atom stereocenters. The van der Waals surface area contributed by atoms with Crippen LogP contribution in [0.2, 0.25) is 5.04 Å². The van der Waals surface area contributed by atoms with Crippen LogP contribution in [0.15, 0.2) is 78.9 Å². The van der Waals surface area contributed by atoms with Gasteiger partial charge in [-0.3, -0.25) is 0 Å². The Labute approximate surface area is 174 Å². The first-order chi connectivity index (χ1) is 13.9. The molecule has 148 valence electrons. The Morgan fingerprint density at radius 1 is 0.828 bits per heavy atom. The van der Waals surface area contributed by atoms with Gasteiger partial charge >= 0.3 is 5.97 Å².